The van der Waals surface area contributed by atoms with Crippen molar-refractivity contribution < 1.29 is 17.6 Å². The van der Waals surface area contributed by atoms with Crippen LogP contribution in [0.3, 0.4) is 0 Å². The number of hydrogen-bond donors (Lipinski definition) is 4. The highest BCUT2D eigenvalue weighted by atomic mass is 35.5. The molecule has 0 aliphatic rings. The average Bonchev–Trinajstić information content (AvgIpc) is 2.70. The van der Waals surface area contributed by atoms with E-state index >= 15 is 0 Å². The number of nitrogens with one attached hydrogen (secondary N) is 4. The lowest BCUT2D eigenvalue weighted by molar-refractivity contribution is 0.585. The number of halogens is 6. The minimum absolute atomic E-state index is 0.0156. The van der Waals surface area contributed by atoms with E-state index in [9.17, 15) is 17.6 Å². The van der Waals surface area contributed by atoms with E-state index in [2.05, 4.69) is 21.3 Å². The maximum absolute atomic E-state index is 13.8. The van der Waals surface area contributed by atoms with Crippen molar-refractivity contribution in [2.24, 2.45) is 0 Å². The number of thiocarbonyl (C=S) groups is 2. The number of hydrogen-bond acceptors (Lipinski definition) is 2. The van der Waals surface area contributed by atoms with Crippen LogP contribution < -0.4 is 21.3 Å². The summed E-state index contributed by atoms with van der Waals surface area (Å²) < 4.78 is 53.6. The van der Waals surface area contributed by atoms with Crippen LogP contribution in [0.5, 0.6) is 0 Å². The van der Waals surface area contributed by atoms with Gasteiger partial charge in [-0.3, -0.25) is 0 Å². The molecule has 0 unspecified atom stereocenters. The van der Waals surface area contributed by atoms with Crippen LogP contribution in [0.15, 0.2) is 48.5 Å². The minimum atomic E-state index is -0.823. The fraction of sp³-hybridized carbons (Fsp3) is 0. The van der Waals surface area contributed by atoms with E-state index in [0.717, 1.165) is 12.1 Å². The Morgan fingerprint density at radius 1 is 0.562 bits per heavy atom. The summed E-state index contributed by atoms with van der Waals surface area (Å²) in [6.45, 7) is 0. The highest BCUT2D eigenvalue weighted by molar-refractivity contribution is 7.81. The highest BCUT2D eigenvalue weighted by Crippen LogP contribution is 2.33. The van der Waals surface area contributed by atoms with Crippen LogP contribution in [0.25, 0.3) is 0 Å². The van der Waals surface area contributed by atoms with Gasteiger partial charge in [0, 0.05) is 12.1 Å². The molecule has 0 saturated heterocycles. The van der Waals surface area contributed by atoms with Gasteiger partial charge in [0.1, 0.15) is 23.3 Å². The van der Waals surface area contributed by atoms with Gasteiger partial charge >= 0.3 is 0 Å². The van der Waals surface area contributed by atoms with Crippen molar-refractivity contribution in [1.82, 2.24) is 0 Å². The van der Waals surface area contributed by atoms with Gasteiger partial charge in [0.15, 0.2) is 10.2 Å². The monoisotopic (exact) mass is 518 g/mol. The quantitative estimate of drug-likeness (QED) is 0.217. The van der Waals surface area contributed by atoms with E-state index in [1.54, 1.807) is 0 Å². The summed E-state index contributed by atoms with van der Waals surface area (Å²) in [6.07, 6.45) is 0. The van der Waals surface area contributed by atoms with E-state index < -0.39 is 23.3 Å². The molecule has 12 heteroatoms. The standard InChI is InChI=1S/C20H12Cl2F4N4S2/c21-11-8-18(30-20(32)28-16-4-2-10(24)6-14(16)26)12(22)7-17(11)29-19(31)27-15-3-1-9(23)5-13(15)25/h1-8H,(H2,27,29,31)(H2,28,30,32). The zero-order chi connectivity index (χ0) is 23.4. The average molecular weight is 519 g/mol. The molecule has 0 aliphatic heterocycles. The predicted octanol–water partition coefficient (Wildman–Crippen LogP) is 7.17. The molecule has 3 aromatic rings. The van der Waals surface area contributed by atoms with Gasteiger partial charge in [-0.1, -0.05) is 23.2 Å². The van der Waals surface area contributed by atoms with Crippen molar-refractivity contribution in [3.63, 3.8) is 0 Å². The Morgan fingerprint density at radius 3 is 1.25 bits per heavy atom. The summed E-state index contributed by atoms with van der Waals surface area (Å²) in [6, 6.07) is 8.83. The smallest absolute Gasteiger partial charge is 0.175 e. The molecule has 4 nitrogen and oxygen atoms in total. The SMILES string of the molecule is Fc1ccc(NC(=S)Nc2cc(Cl)c(NC(=S)Nc3ccc(F)cc3F)cc2Cl)c(F)c1. The first-order valence-corrected chi connectivity index (χ1v) is 10.2. The maximum atomic E-state index is 13.8. The fourth-order valence-electron chi connectivity index (χ4n) is 2.47. The second-order valence-electron chi connectivity index (χ2n) is 6.22. The molecule has 32 heavy (non-hydrogen) atoms. The first-order valence-electron chi connectivity index (χ1n) is 8.67. The molecular weight excluding hydrogens is 507 g/mol. The van der Waals surface area contributed by atoms with Gasteiger partial charge in [-0.2, -0.15) is 0 Å². The molecule has 0 aromatic heterocycles. The van der Waals surface area contributed by atoms with Crippen molar-refractivity contribution in [2.75, 3.05) is 21.3 Å². The van der Waals surface area contributed by atoms with Crippen LogP contribution in [0.4, 0.5) is 40.3 Å². The Kier molecular flexibility index (Phi) is 7.73. The van der Waals surface area contributed by atoms with Gasteiger partial charge in [0.25, 0.3) is 0 Å². The first-order chi connectivity index (χ1) is 15.1. The number of benzene rings is 3. The van der Waals surface area contributed by atoms with E-state index in [4.69, 9.17) is 47.6 Å². The number of anilines is 4. The summed E-state index contributed by atoms with van der Waals surface area (Å²) in [5.74, 6) is -3.09. The van der Waals surface area contributed by atoms with Crippen molar-refractivity contribution in [3.05, 3.63) is 81.8 Å². The van der Waals surface area contributed by atoms with Crippen LogP contribution >= 0.6 is 47.6 Å². The molecule has 0 aliphatic carbocycles. The number of rotatable bonds is 4. The Bertz CT molecular complexity index is 1120. The minimum Gasteiger partial charge on any atom is -0.331 e. The van der Waals surface area contributed by atoms with Crippen molar-refractivity contribution in [3.8, 4) is 0 Å². The summed E-state index contributed by atoms with van der Waals surface area (Å²) in [5, 5.41) is 11.0. The van der Waals surface area contributed by atoms with Crippen LogP contribution in [0.2, 0.25) is 10.0 Å². The molecule has 0 radical (unpaired) electrons. The maximum Gasteiger partial charge on any atom is 0.175 e. The predicted molar refractivity (Wildman–Crippen MR) is 129 cm³/mol. The largest absolute Gasteiger partial charge is 0.331 e. The molecular formula is C20H12Cl2F4N4S2. The Morgan fingerprint density at radius 2 is 0.906 bits per heavy atom. The second-order valence-corrected chi connectivity index (χ2v) is 7.85. The van der Waals surface area contributed by atoms with Crippen molar-refractivity contribution >= 4 is 80.6 Å². The van der Waals surface area contributed by atoms with Gasteiger partial charge in [-0.15, -0.1) is 0 Å². The lowest BCUT2D eigenvalue weighted by Gasteiger charge is -2.16. The van der Waals surface area contributed by atoms with Crippen LogP contribution in [-0.2, 0) is 0 Å². The van der Waals surface area contributed by atoms with Crippen LogP contribution in [0, 0.1) is 23.3 Å². The molecule has 0 atom stereocenters. The molecule has 166 valence electrons. The van der Waals surface area contributed by atoms with E-state index in [0.29, 0.717) is 23.5 Å². The van der Waals surface area contributed by atoms with Crippen molar-refractivity contribution in [1.29, 1.82) is 0 Å². The summed E-state index contributed by atoms with van der Waals surface area (Å²) in [7, 11) is 0. The van der Waals surface area contributed by atoms with Crippen LogP contribution in [-0.4, -0.2) is 10.2 Å². The molecule has 4 N–H and O–H groups in total. The molecule has 0 heterocycles. The Balaban J connectivity index is 1.67. The van der Waals surface area contributed by atoms with E-state index in [-0.39, 0.29) is 31.6 Å². The summed E-state index contributed by atoms with van der Waals surface area (Å²) >= 11 is 22.7. The van der Waals surface area contributed by atoms with Gasteiger partial charge in [-0.05, 0) is 60.8 Å². The van der Waals surface area contributed by atoms with Gasteiger partial charge in [-0.25, -0.2) is 17.6 Å². The first kappa shape index (κ1) is 24.0. The Labute approximate surface area is 200 Å². The highest BCUT2D eigenvalue weighted by Gasteiger charge is 2.12. The van der Waals surface area contributed by atoms with Crippen molar-refractivity contribution in [2.45, 2.75) is 0 Å². The molecule has 3 aromatic carbocycles. The van der Waals surface area contributed by atoms with E-state index in [1.807, 2.05) is 0 Å². The van der Waals surface area contributed by atoms with Crippen LogP contribution in [0.1, 0.15) is 0 Å². The lowest BCUT2D eigenvalue weighted by atomic mass is 10.2. The fourth-order valence-corrected chi connectivity index (χ4v) is 3.33. The lowest BCUT2D eigenvalue weighted by Crippen LogP contribution is -2.21. The summed E-state index contributed by atoms with van der Waals surface area (Å²) in [4.78, 5) is 0. The summed E-state index contributed by atoms with van der Waals surface area (Å²) in [5.41, 5.74) is 0.527. The van der Waals surface area contributed by atoms with Gasteiger partial charge in [0.05, 0.1) is 32.8 Å². The molecule has 0 amide bonds. The third-order valence-corrected chi connectivity index (χ3v) is 4.95. The zero-order valence-electron chi connectivity index (χ0n) is 15.7. The van der Waals surface area contributed by atoms with Gasteiger partial charge < -0.3 is 21.3 Å². The molecule has 0 saturated carbocycles. The molecule has 0 spiro atoms. The second kappa shape index (κ2) is 10.3. The normalized spacial score (nSPS) is 10.4. The molecule has 3 rings (SSSR count). The molecule has 0 bridgehead atoms. The Hall–Kier alpha value is -2.66. The zero-order valence-corrected chi connectivity index (χ0v) is 18.8. The van der Waals surface area contributed by atoms with E-state index in [1.165, 1.54) is 24.3 Å². The molecule has 0 fully saturated rings. The topological polar surface area (TPSA) is 48.1 Å². The third-order valence-electron chi connectivity index (χ3n) is 3.91. The third kappa shape index (κ3) is 6.19. The van der Waals surface area contributed by atoms with Gasteiger partial charge in [0.2, 0.25) is 0 Å².